The number of amides is 2. The molecule has 0 aliphatic heterocycles. The Kier molecular flexibility index (Phi) is 5.08. The van der Waals surface area contributed by atoms with E-state index in [0.29, 0.717) is 0 Å². The summed E-state index contributed by atoms with van der Waals surface area (Å²) in [5.74, 6) is -2.17. The molecule has 0 aromatic heterocycles. The zero-order valence-corrected chi connectivity index (χ0v) is 10.1. The van der Waals surface area contributed by atoms with Crippen molar-refractivity contribution < 1.29 is 22.8 Å². The first-order chi connectivity index (χ1) is 9.36. The molecule has 8 heteroatoms. The van der Waals surface area contributed by atoms with E-state index in [4.69, 9.17) is 5.26 Å². The Morgan fingerprint density at radius 1 is 1.15 bits per heavy atom. The molecule has 0 spiro atoms. The van der Waals surface area contributed by atoms with Gasteiger partial charge in [-0.2, -0.15) is 18.4 Å². The molecule has 1 aromatic carbocycles. The fourth-order valence-electron chi connectivity index (χ4n) is 1.41. The molecular formula is C12H10F3N3O2. The SMILES string of the molecule is N#CCNC(=O)C(=O)NCc1ccccc1C(F)(F)F. The van der Waals surface area contributed by atoms with Crippen molar-refractivity contribution in [1.29, 1.82) is 5.26 Å². The molecule has 0 atom stereocenters. The van der Waals surface area contributed by atoms with E-state index in [0.717, 1.165) is 6.07 Å². The highest BCUT2D eigenvalue weighted by Gasteiger charge is 2.32. The van der Waals surface area contributed by atoms with E-state index in [-0.39, 0.29) is 12.1 Å². The molecule has 0 aliphatic rings. The van der Waals surface area contributed by atoms with Gasteiger partial charge in [0.25, 0.3) is 0 Å². The van der Waals surface area contributed by atoms with Crippen LogP contribution in [0.2, 0.25) is 0 Å². The lowest BCUT2D eigenvalue weighted by Gasteiger charge is -2.12. The van der Waals surface area contributed by atoms with Crippen molar-refractivity contribution in [2.45, 2.75) is 12.7 Å². The zero-order valence-electron chi connectivity index (χ0n) is 10.1. The van der Waals surface area contributed by atoms with Crippen LogP contribution in [0, 0.1) is 11.3 Å². The fourth-order valence-corrected chi connectivity index (χ4v) is 1.41. The molecular weight excluding hydrogens is 275 g/mol. The number of hydrogen-bond acceptors (Lipinski definition) is 3. The number of halogens is 3. The topological polar surface area (TPSA) is 82.0 Å². The van der Waals surface area contributed by atoms with Crippen LogP contribution in [0.4, 0.5) is 13.2 Å². The van der Waals surface area contributed by atoms with Gasteiger partial charge in [-0.3, -0.25) is 9.59 Å². The van der Waals surface area contributed by atoms with Crippen molar-refractivity contribution >= 4 is 11.8 Å². The Hall–Kier alpha value is -2.56. The number of hydrogen-bond donors (Lipinski definition) is 2. The van der Waals surface area contributed by atoms with Crippen LogP contribution >= 0.6 is 0 Å². The second-order valence-corrected chi connectivity index (χ2v) is 3.68. The van der Waals surface area contributed by atoms with Crippen molar-refractivity contribution in [2.24, 2.45) is 0 Å². The van der Waals surface area contributed by atoms with Gasteiger partial charge in [0.1, 0.15) is 6.54 Å². The fraction of sp³-hybridized carbons (Fsp3) is 0.250. The molecule has 0 unspecified atom stereocenters. The minimum atomic E-state index is -4.54. The number of nitriles is 1. The van der Waals surface area contributed by atoms with E-state index in [1.807, 2.05) is 5.32 Å². The third kappa shape index (κ3) is 4.28. The summed E-state index contributed by atoms with van der Waals surface area (Å²) in [5.41, 5.74) is -1.03. The van der Waals surface area contributed by atoms with Crippen molar-refractivity contribution in [1.82, 2.24) is 10.6 Å². The molecule has 0 aliphatic carbocycles. The molecule has 0 fully saturated rings. The van der Waals surface area contributed by atoms with Gasteiger partial charge in [0.15, 0.2) is 0 Å². The van der Waals surface area contributed by atoms with Crippen LogP contribution in [0.5, 0.6) is 0 Å². The number of nitrogens with one attached hydrogen (secondary N) is 2. The van der Waals surface area contributed by atoms with Crippen molar-refractivity contribution in [3.05, 3.63) is 35.4 Å². The number of rotatable bonds is 3. The van der Waals surface area contributed by atoms with Crippen molar-refractivity contribution in [2.75, 3.05) is 6.54 Å². The predicted molar refractivity (Wildman–Crippen MR) is 61.9 cm³/mol. The average Bonchev–Trinajstić information content (AvgIpc) is 2.41. The first kappa shape index (κ1) is 15.5. The van der Waals surface area contributed by atoms with E-state index in [2.05, 4.69) is 5.32 Å². The highest BCUT2D eigenvalue weighted by atomic mass is 19.4. The normalized spacial score (nSPS) is 10.5. The molecule has 1 rings (SSSR count). The first-order valence-corrected chi connectivity index (χ1v) is 5.44. The molecule has 0 saturated carbocycles. The summed E-state index contributed by atoms with van der Waals surface area (Å²) in [6.45, 7) is -0.792. The first-order valence-electron chi connectivity index (χ1n) is 5.44. The Morgan fingerprint density at radius 2 is 1.75 bits per heavy atom. The number of carbonyl (C=O) groups is 2. The number of nitrogens with zero attached hydrogens (tertiary/aromatic N) is 1. The smallest absolute Gasteiger partial charge is 0.344 e. The molecule has 0 heterocycles. The monoisotopic (exact) mass is 285 g/mol. The van der Waals surface area contributed by atoms with Gasteiger partial charge in [0.2, 0.25) is 0 Å². The van der Waals surface area contributed by atoms with Gasteiger partial charge in [-0.15, -0.1) is 0 Å². The summed E-state index contributed by atoms with van der Waals surface area (Å²) in [5, 5.41) is 12.2. The van der Waals surface area contributed by atoms with Crippen LogP contribution < -0.4 is 10.6 Å². The number of carbonyl (C=O) groups excluding carboxylic acids is 2. The molecule has 20 heavy (non-hydrogen) atoms. The van der Waals surface area contributed by atoms with Gasteiger partial charge in [-0.05, 0) is 11.6 Å². The Bertz CT molecular complexity index is 550. The average molecular weight is 285 g/mol. The highest BCUT2D eigenvalue weighted by molar-refractivity contribution is 6.35. The minimum Gasteiger partial charge on any atom is -0.344 e. The standard InChI is InChI=1S/C12H10F3N3O2/c13-12(14,15)9-4-2-1-3-8(9)7-18-11(20)10(19)17-6-5-16/h1-4H,6-7H2,(H,17,19)(H,18,20). The Morgan fingerprint density at radius 3 is 2.35 bits per heavy atom. The van der Waals surface area contributed by atoms with E-state index in [9.17, 15) is 22.8 Å². The summed E-state index contributed by atoms with van der Waals surface area (Å²) < 4.78 is 38.0. The van der Waals surface area contributed by atoms with Crippen LogP contribution in [0.3, 0.4) is 0 Å². The second kappa shape index (κ2) is 6.56. The van der Waals surface area contributed by atoms with Crippen LogP contribution in [0.1, 0.15) is 11.1 Å². The van der Waals surface area contributed by atoms with E-state index >= 15 is 0 Å². The molecule has 0 radical (unpaired) electrons. The molecule has 2 amide bonds. The van der Waals surface area contributed by atoms with Crippen LogP contribution in [-0.2, 0) is 22.3 Å². The predicted octanol–water partition coefficient (Wildman–Crippen LogP) is 0.961. The lowest BCUT2D eigenvalue weighted by atomic mass is 10.1. The lowest BCUT2D eigenvalue weighted by molar-refractivity contribution is -0.140. The maximum Gasteiger partial charge on any atom is 0.416 e. The third-order valence-corrected chi connectivity index (χ3v) is 2.30. The molecule has 0 saturated heterocycles. The zero-order chi connectivity index (χ0) is 15.2. The van der Waals surface area contributed by atoms with Gasteiger partial charge in [-0.1, -0.05) is 18.2 Å². The minimum absolute atomic E-state index is 0.151. The molecule has 2 N–H and O–H groups in total. The van der Waals surface area contributed by atoms with Crippen LogP contribution in [-0.4, -0.2) is 18.4 Å². The molecule has 0 bridgehead atoms. The summed E-state index contributed by atoms with van der Waals surface area (Å²) in [7, 11) is 0. The summed E-state index contributed by atoms with van der Waals surface area (Å²) in [4.78, 5) is 22.4. The van der Waals surface area contributed by atoms with Gasteiger partial charge in [-0.25, -0.2) is 0 Å². The number of benzene rings is 1. The highest BCUT2D eigenvalue weighted by Crippen LogP contribution is 2.31. The largest absolute Gasteiger partial charge is 0.416 e. The summed E-state index contributed by atoms with van der Waals surface area (Å²) >= 11 is 0. The maximum atomic E-state index is 12.7. The molecule has 5 nitrogen and oxygen atoms in total. The second-order valence-electron chi connectivity index (χ2n) is 3.68. The van der Waals surface area contributed by atoms with Crippen molar-refractivity contribution in [3.8, 4) is 6.07 Å². The lowest BCUT2D eigenvalue weighted by Crippen LogP contribution is -2.39. The van der Waals surface area contributed by atoms with Gasteiger partial charge in [0.05, 0.1) is 11.6 Å². The van der Waals surface area contributed by atoms with Crippen LogP contribution in [0.15, 0.2) is 24.3 Å². The Balaban J connectivity index is 2.70. The van der Waals surface area contributed by atoms with E-state index in [1.54, 1.807) is 6.07 Å². The third-order valence-electron chi connectivity index (χ3n) is 2.30. The van der Waals surface area contributed by atoms with Crippen LogP contribution in [0.25, 0.3) is 0 Å². The van der Waals surface area contributed by atoms with Crippen molar-refractivity contribution in [3.63, 3.8) is 0 Å². The van der Waals surface area contributed by atoms with Gasteiger partial charge in [0, 0.05) is 6.54 Å². The van der Waals surface area contributed by atoms with E-state index in [1.165, 1.54) is 18.2 Å². The Labute approximate surface area is 112 Å². The maximum absolute atomic E-state index is 12.7. The quantitative estimate of drug-likeness (QED) is 0.641. The van der Waals surface area contributed by atoms with Gasteiger partial charge >= 0.3 is 18.0 Å². The summed E-state index contributed by atoms with van der Waals surface area (Å²) in [6, 6.07) is 6.31. The van der Waals surface area contributed by atoms with Gasteiger partial charge < -0.3 is 10.6 Å². The molecule has 106 valence electrons. The molecule has 1 aromatic rings. The summed E-state index contributed by atoms with van der Waals surface area (Å²) in [6.07, 6.45) is -4.54. The number of alkyl halides is 3. The van der Waals surface area contributed by atoms with E-state index < -0.39 is 30.1 Å².